The molecule has 160 valence electrons. The zero-order chi connectivity index (χ0) is 21.0. The number of nitrogens with one attached hydrogen (secondary N) is 3. The number of benzene rings is 2. The summed E-state index contributed by atoms with van der Waals surface area (Å²) in [4.78, 5) is 8.06. The van der Waals surface area contributed by atoms with Gasteiger partial charge in [-0.3, -0.25) is 0 Å². The zero-order valence-corrected chi connectivity index (χ0v) is 17.9. The minimum absolute atomic E-state index is 0.595. The van der Waals surface area contributed by atoms with Crippen LogP contribution in [0.2, 0.25) is 0 Å². The van der Waals surface area contributed by atoms with E-state index in [0.29, 0.717) is 19.8 Å². The Labute approximate surface area is 178 Å². The standard InChI is InChI=1S/C24H32N4O2/c1-3-25-24(26-13-12-20-18-27-23-11-5-4-10-22(20)23)28-17-19-8-6-9-21(16-19)30-15-7-14-29-2/h4-6,8-11,16,18,27H,3,7,12-15,17H2,1-2H3,(H2,25,26,28). The largest absolute Gasteiger partial charge is 0.493 e. The maximum atomic E-state index is 5.78. The minimum atomic E-state index is 0.595. The molecule has 0 atom stereocenters. The molecule has 1 aromatic heterocycles. The highest BCUT2D eigenvalue weighted by Gasteiger charge is 2.04. The van der Waals surface area contributed by atoms with E-state index in [4.69, 9.17) is 14.5 Å². The Morgan fingerprint density at radius 1 is 1.07 bits per heavy atom. The van der Waals surface area contributed by atoms with Crippen molar-refractivity contribution >= 4 is 16.9 Å². The molecule has 30 heavy (non-hydrogen) atoms. The summed E-state index contributed by atoms with van der Waals surface area (Å²) < 4.78 is 10.8. The van der Waals surface area contributed by atoms with Gasteiger partial charge in [0.05, 0.1) is 13.2 Å². The summed E-state index contributed by atoms with van der Waals surface area (Å²) in [6, 6.07) is 16.5. The fourth-order valence-corrected chi connectivity index (χ4v) is 3.29. The Morgan fingerprint density at radius 3 is 2.83 bits per heavy atom. The third-order valence-corrected chi connectivity index (χ3v) is 4.79. The Kier molecular flexibility index (Phi) is 8.60. The fraction of sp³-hybridized carbons (Fsp3) is 0.375. The lowest BCUT2D eigenvalue weighted by Gasteiger charge is -2.11. The fourth-order valence-electron chi connectivity index (χ4n) is 3.29. The molecular weight excluding hydrogens is 376 g/mol. The van der Waals surface area contributed by atoms with E-state index in [-0.39, 0.29) is 0 Å². The van der Waals surface area contributed by atoms with Crippen molar-refractivity contribution in [3.05, 3.63) is 65.9 Å². The summed E-state index contributed by atoms with van der Waals surface area (Å²) in [5.41, 5.74) is 3.61. The third kappa shape index (κ3) is 6.52. The third-order valence-electron chi connectivity index (χ3n) is 4.79. The number of H-pyrrole nitrogens is 1. The quantitative estimate of drug-likeness (QED) is 0.256. The lowest BCUT2D eigenvalue weighted by molar-refractivity contribution is 0.172. The van der Waals surface area contributed by atoms with E-state index in [1.165, 1.54) is 16.5 Å². The van der Waals surface area contributed by atoms with E-state index in [9.17, 15) is 0 Å². The number of fused-ring (bicyclic) bond motifs is 1. The van der Waals surface area contributed by atoms with Crippen molar-refractivity contribution < 1.29 is 9.47 Å². The van der Waals surface area contributed by atoms with Crippen LogP contribution in [0.1, 0.15) is 24.5 Å². The molecule has 0 spiro atoms. The number of aromatic amines is 1. The topological polar surface area (TPSA) is 70.7 Å². The number of para-hydroxylation sites is 1. The van der Waals surface area contributed by atoms with Gasteiger partial charge in [-0.2, -0.15) is 0 Å². The van der Waals surface area contributed by atoms with Crippen LogP contribution in [-0.2, 0) is 17.7 Å². The predicted octanol–water partition coefficient (Wildman–Crippen LogP) is 3.88. The molecule has 3 aromatic rings. The Balaban J connectivity index is 1.52. The van der Waals surface area contributed by atoms with Gasteiger partial charge >= 0.3 is 0 Å². The highest BCUT2D eigenvalue weighted by Crippen LogP contribution is 2.17. The van der Waals surface area contributed by atoms with Crippen LogP contribution >= 0.6 is 0 Å². The number of guanidine groups is 1. The molecule has 0 bridgehead atoms. The SMILES string of the molecule is CCNC(=NCc1cccc(OCCCOC)c1)NCCc1c[nH]c2ccccc12. The van der Waals surface area contributed by atoms with Crippen molar-refractivity contribution in [1.82, 2.24) is 15.6 Å². The van der Waals surface area contributed by atoms with Gasteiger partial charge in [-0.05, 0) is 42.7 Å². The lowest BCUT2D eigenvalue weighted by Crippen LogP contribution is -2.38. The first-order valence-corrected chi connectivity index (χ1v) is 10.6. The monoisotopic (exact) mass is 408 g/mol. The van der Waals surface area contributed by atoms with Crippen LogP contribution in [-0.4, -0.2) is 44.4 Å². The number of nitrogens with zero attached hydrogens (tertiary/aromatic N) is 1. The van der Waals surface area contributed by atoms with Crippen LogP contribution in [0.3, 0.4) is 0 Å². The van der Waals surface area contributed by atoms with Gasteiger partial charge in [0, 0.05) is 50.3 Å². The molecule has 0 saturated carbocycles. The van der Waals surface area contributed by atoms with Crippen molar-refractivity contribution in [3.63, 3.8) is 0 Å². The number of rotatable bonds is 11. The number of aromatic nitrogens is 1. The van der Waals surface area contributed by atoms with E-state index in [2.05, 4.69) is 59.1 Å². The molecule has 0 amide bonds. The predicted molar refractivity (Wildman–Crippen MR) is 123 cm³/mol. The Bertz CT molecular complexity index is 936. The average molecular weight is 409 g/mol. The van der Waals surface area contributed by atoms with Gasteiger partial charge in [0.1, 0.15) is 5.75 Å². The molecule has 0 radical (unpaired) electrons. The Hall–Kier alpha value is -2.99. The van der Waals surface area contributed by atoms with E-state index >= 15 is 0 Å². The average Bonchev–Trinajstić information content (AvgIpc) is 3.18. The van der Waals surface area contributed by atoms with Crippen LogP contribution in [0.15, 0.2) is 59.7 Å². The van der Waals surface area contributed by atoms with Gasteiger partial charge in [-0.25, -0.2) is 4.99 Å². The van der Waals surface area contributed by atoms with Crippen molar-refractivity contribution in [2.24, 2.45) is 4.99 Å². The minimum Gasteiger partial charge on any atom is -0.493 e. The number of ether oxygens (including phenoxy) is 2. The highest BCUT2D eigenvalue weighted by atomic mass is 16.5. The first-order chi connectivity index (χ1) is 14.8. The summed E-state index contributed by atoms with van der Waals surface area (Å²) >= 11 is 0. The Morgan fingerprint density at radius 2 is 1.97 bits per heavy atom. The van der Waals surface area contributed by atoms with Crippen LogP contribution < -0.4 is 15.4 Å². The first-order valence-electron chi connectivity index (χ1n) is 10.6. The van der Waals surface area contributed by atoms with E-state index in [1.54, 1.807) is 7.11 Å². The normalized spacial score (nSPS) is 11.6. The van der Waals surface area contributed by atoms with Gasteiger partial charge in [0.25, 0.3) is 0 Å². The molecule has 6 heteroatoms. The molecular formula is C24H32N4O2. The molecule has 0 aliphatic heterocycles. The van der Waals surface area contributed by atoms with Crippen LogP contribution in [0.25, 0.3) is 10.9 Å². The molecule has 0 unspecified atom stereocenters. The summed E-state index contributed by atoms with van der Waals surface area (Å²) in [6.45, 7) is 5.67. The molecule has 3 N–H and O–H groups in total. The number of methoxy groups -OCH3 is 1. The van der Waals surface area contributed by atoms with Gasteiger partial charge in [-0.1, -0.05) is 30.3 Å². The summed E-state index contributed by atoms with van der Waals surface area (Å²) in [6.07, 6.45) is 3.90. The number of hydrogen-bond acceptors (Lipinski definition) is 3. The second kappa shape index (κ2) is 11.9. The molecule has 0 aliphatic rings. The van der Waals surface area contributed by atoms with E-state index in [0.717, 1.165) is 43.2 Å². The number of hydrogen-bond donors (Lipinski definition) is 3. The summed E-state index contributed by atoms with van der Waals surface area (Å²) in [5, 5.41) is 8.04. The molecule has 0 saturated heterocycles. The lowest BCUT2D eigenvalue weighted by atomic mass is 10.1. The van der Waals surface area contributed by atoms with Crippen molar-refractivity contribution in [2.45, 2.75) is 26.3 Å². The molecule has 1 heterocycles. The van der Waals surface area contributed by atoms with E-state index < -0.39 is 0 Å². The number of aliphatic imine (C=N–C) groups is 1. The summed E-state index contributed by atoms with van der Waals surface area (Å²) in [5.74, 6) is 1.69. The zero-order valence-electron chi connectivity index (χ0n) is 17.9. The van der Waals surface area contributed by atoms with Crippen LogP contribution in [0, 0.1) is 0 Å². The second-order valence-corrected chi connectivity index (χ2v) is 7.07. The highest BCUT2D eigenvalue weighted by molar-refractivity contribution is 5.83. The first kappa shape index (κ1) is 21.7. The molecule has 0 aliphatic carbocycles. The second-order valence-electron chi connectivity index (χ2n) is 7.07. The summed E-state index contributed by atoms with van der Waals surface area (Å²) in [7, 11) is 1.70. The smallest absolute Gasteiger partial charge is 0.191 e. The van der Waals surface area contributed by atoms with Crippen LogP contribution in [0.5, 0.6) is 5.75 Å². The van der Waals surface area contributed by atoms with E-state index in [1.807, 2.05) is 18.2 Å². The molecule has 0 fully saturated rings. The van der Waals surface area contributed by atoms with Gasteiger partial charge in [-0.15, -0.1) is 0 Å². The van der Waals surface area contributed by atoms with Crippen molar-refractivity contribution in [2.75, 3.05) is 33.4 Å². The maximum absolute atomic E-state index is 5.78. The molecule has 2 aromatic carbocycles. The van der Waals surface area contributed by atoms with Gasteiger partial charge < -0.3 is 25.1 Å². The molecule has 6 nitrogen and oxygen atoms in total. The van der Waals surface area contributed by atoms with Crippen molar-refractivity contribution in [3.8, 4) is 5.75 Å². The van der Waals surface area contributed by atoms with Crippen molar-refractivity contribution in [1.29, 1.82) is 0 Å². The van der Waals surface area contributed by atoms with Gasteiger partial charge in [0.15, 0.2) is 5.96 Å². The molecule has 3 rings (SSSR count). The van der Waals surface area contributed by atoms with Crippen LogP contribution in [0.4, 0.5) is 0 Å². The maximum Gasteiger partial charge on any atom is 0.191 e. The van der Waals surface area contributed by atoms with Gasteiger partial charge in [0.2, 0.25) is 0 Å².